The molecule has 0 aliphatic heterocycles. The summed E-state index contributed by atoms with van der Waals surface area (Å²) in [5, 5.41) is 9.35. The number of rotatable bonds is 3. The molecule has 6 heteroatoms. The Kier molecular flexibility index (Phi) is 2.89. The summed E-state index contributed by atoms with van der Waals surface area (Å²) < 4.78 is 0. The summed E-state index contributed by atoms with van der Waals surface area (Å²) in [6.07, 6.45) is 6.59. The van der Waals surface area contributed by atoms with Gasteiger partial charge in [0, 0.05) is 30.7 Å². The molecular formula is C13H11N5O. The highest BCUT2D eigenvalue weighted by molar-refractivity contribution is 6.04. The third-order valence-corrected chi connectivity index (χ3v) is 2.75. The molecule has 2 aromatic heterocycles. The van der Waals surface area contributed by atoms with Crippen LogP contribution in [0, 0.1) is 0 Å². The van der Waals surface area contributed by atoms with Crippen molar-refractivity contribution in [2.75, 3.05) is 0 Å². The molecule has 0 fully saturated rings. The van der Waals surface area contributed by atoms with Crippen molar-refractivity contribution in [2.45, 2.75) is 6.54 Å². The maximum absolute atomic E-state index is 12.1. The Balaban J connectivity index is 1.85. The van der Waals surface area contributed by atoms with Gasteiger partial charge in [0.15, 0.2) is 0 Å². The fourth-order valence-corrected chi connectivity index (χ4v) is 1.83. The van der Waals surface area contributed by atoms with E-state index in [1.54, 1.807) is 36.9 Å². The highest BCUT2D eigenvalue weighted by Gasteiger charge is 2.10. The van der Waals surface area contributed by atoms with Gasteiger partial charge < -0.3 is 5.32 Å². The Morgan fingerprint density at radius 3 is 3.00 bits per heavy atom. The number of para-hydroxylation sites is 1. The van der Waals surface area contributed by atoms with Gasteiger partial charge in [-0.3, -0.25) is 19.9 Å². The van der Waals surface area contributed by atoms with Crippen LogP contribution >= 0.6 is 0 Å². The normalized spacial score (nSPS) is 10.5. The number of hydrogen-bond donors (Lipinski definition) is 2. The van der Waals surface area contributed by atoms with Gasteiger partial charge in [0.1, 0.15) is 5.52 Å². The van der Waals surface area contributed by atoms with Crippen LogP contribution < -0.4 is 5.32 Å². The number of amides is 1. The molecule has 0 saturated heterocycles. The standard InChI is InChI=1S/C13H11N5O/c19-13(16-6-9-7-17-18-8-9)10-2-1-3-11-12(10)15-5-4-14-11/h1-5,7-8H,6H2,(H,16,19)(H,17,18). The molecule has 1 amide bonds. The van der Waals surface area contributed by atoms with Gasteiger partial charge in [-0.1, -0.05) is 6.07 Å². The highest BCUT2D eigenvalue weighted by Crippen LogP contribution is 2.13. The predicted molar refractivity (Wildman–Crippen MR) is 69.3 cm³/mol. The van der Waals surface area contributed by atoms with Crippen molar-refractivity contribution in [3.8, 4) is 0 Å². The number of nitrogens with zero attached hydrogens (tertiary/aromatic N) is 3. The second-order valence-electron chi connectivity index (χ2n) is 4.02. The summed E-state index contributed by atoms with van der Waals surface area (Å²) in [6.45, 7) is 0.423. The minimum atomic E-state index is -0.174. The van der Waals surface area contributed by atoms with Crippen molar-refractivity contribution >= 4 is 16.9 Å². The van der Waals surface area contributed by atoms with Crippen LogP contribution in [0.4, 0.5) is 0 Å². The molecule has 94 valence electrons. The Hall–Kier alpha value is -2.76. The average molecular weight is 253 g/mol. The number of hydrogen-bond acceptors (Lipinski definition) is 4. The number of benzene rings is 1. The van der Waals surface area contributed by atoms with Crippen LogP contribution in [0.15, 0.2) is 43.0 Å². The lowest BCUT2D eigenvalue weighted by Gasteiger charge is -2.05. The number of H-pyrrole nitrogens is 1. The summed E-state index contributed by atoms with van der Waals surface area (Å²) in [4.78, 5) is 20.5. The van der Waals surface area contributed by atoms with E-state index >= 15 is 0 Å². The van der Waals surface area contributed by atoms with Crippen LogP contribution in [0.2, 0.25) is 0 Å². The number of aromatic nitrogens is 4. The van der Waals surface area contributed by atoms with E-state index in [9.17, 15) is 4.79 Å². The summed E-state index contributed by atoms with van der Waals surface area (Å²) in [5.74, 6) is -0.174. The zero-order valence-corrected chi connectivity index (χ0v) is 10.00. The summed E-state index contributed by atoms with van der Waals surface area (Å²) in [6, 6.07) is 5.36. The van der Waals surface area contributed by atoms with E-state index in [1.807, 2.05) is 6.07 Å². The van der Waals surface area contributed by atoms with Crippen LogP contribution in [0.5, 0.6) is 0 Å². The molecule has 3 aromatic rings. The molecule has 0 spiro atoms. The third kappa shape index (κ3) is 2.28. The maximum atomic E-state index is 12.1. The number of carbonyl (C=O) groups excluding carboxylic acids is 1. The maximum Gasteiger partial charge on any atom is 0.253 e. The number of aromatic amines is 1. The van der Waals surface area contributed by atoms with Crippen molar-refractivity contribution in [1.29, 1.82) is 0 Å². The molecule has 0 saturated carbocycles. The fourth-order valence-electron chi connectivity index (χ4n) is 1.83. The first-order valence-electron chi connectivity index (χ1n) is 5.80. The van der Waals surface area contributed by atoms with Crippen molar-refractivity contribution in [3.05, 3.63) is 54.1 Å². The van der Waals surface area contributed by atoms with Crippen LogP contribution in [0.3, 0.4) is 0 Å². The van der Waals surface area contributed by atoms with Gasteiger partial charge in [-0.25, -0.2) is 0 Å². The van der Waals surface area contributed by atoms with Gasteiger partial charge in [0.05, 0.1) is 17.3 Å². The van der Waals surface area contributed by atoms with Crippen molar-refractivity contribution < 1.29 is 4.79 Å². The molecule has 0 radical (unpaired) electrons. The van der Waals surface area contributed by atoms with Gasteiger partial charge in [-0.05, 0) is 12.1 Å². The van der Waals surface area contributed by atoms with E-state index in [4.69, 9.17) is 0 Å². The molecule has 3 rings (SSSR count). The predicted octanol–water partition coefficient (Wildman–Crippen LogP) is 1.28. The largest absolute Gasteiger partial charge is 0.348 e. The molecule has 0 aliphatic rings. The molecule has 0 atom stereocenters. The monoisotopic (exact) mass is 253 g/mol. The fraction of sp³-hybridized carbons (Fsp3) is 0.0769. The van der Waals surface area contributed by atoms with Gasteiger partial charge in [0.25, 0.3) is 5.91 Å². The molecule has 2 heterocycles. The second-order valence-corrected chi connectivity index (χ2v) is 4.02. The average Bonchev–Trinajstić information content (AvgIpc) is 2.97. The van der Waals surface area contributed by atoms with E-state index in [1.165, 1.54) is 0 Å². The van der Waals surface area contributed by atoms with E-state index in [0.29, 0.717) is 23.1 Å². The quantitative estimate of drug-likeness (QED) is 0.736. The lowest BCUT2D eigenvalue weighted by atomic mass is 10.1. The van der Waals surface area contributed by atoms with Crippen LogP contribution in [-0.2, 0) is 6.54 Å². The van der Waals surface area contributed by atoms with Gasteiger partial charge >= 0.3 is 0 Å². The Morgan fingerprint density at radius 1 is 1.26 bits per heavy atom. The van der Waals surface area contributed by atoms with E-state index in [-0.39, 0.29) is 5.91 Å². The SMILES string of the molecule is O=C(NCc1cn[nH]c1)c1cccc2nccnc12. The van der Waals surface area contributed by atoms with Crippen molar-refractivity contribution in [2.24, 2.45) is 0 Å². The topological polar surface area (TPSA) is 83.6 Å². The summed E-state index contributed by atoms with van der Waals surface area (Å²) in [7, 11) is 0. The molecule has 1 aromatic carbocycles. The van der Waals surface area contributed by atoms with Crippen molar-refractivity contribution in [1.82, 2.24) is 25.5 Å². The molecule has 0 unspecified atom stereocenters. The zero-order valence-electron chi connectivity index (χ0n) is 10.00. The molecule has 19 heavy (non-hydrogen) atoms. The van der Waals surface area contributed by atoms with Crippen LogP contribution in [0.1, 0.15) is 15.9 Å². The molecule has 0 aliphatic carbocycles. The van der Waals surface area contributed by atoms with E-state index in [0.717, 1.165) is 5.56 Å². The first kappa shape index (κ1) is 11.3. The first-order valence-corrected chi connectivity index (χ1v) is 5.80. The zero-order chi connectivity index (χ0) is 13.1. The molecular weight excluding hydrogens is 242 g/mol. The van der Waals surface area contributed by atoms with Crippen LogP contribution in [-0.4, -0.2) is 26.1 Å². The smallest absolute Gasteiger partial charge is 0.253 e. The number of fused-ring (bicyclic) bond motifs is 1. The second kappa shape index (κ2) is 4.85. The molecule has 0 bridgehead atoms. The van der Waals surface area contributed by atoms with Crippen molar-refractivity contribution in [3.63, 3.8) is 0 Å². The highest BCUT2D eigenvalue weighted by atomic mass is 16.1. The van der Waals surface area contributed by atoms with Gasteiger partial charge in [0.2, 0.25) is 0 Å². The lowest BCUT2D eigenvalue weighted by molar-refractivity contribution is 0.0952. The Bertz CT molecular complexity index is 703. The minimum absolute atomic E-state index is 0.174. The number of carbonyl (C=O) groups is 1. The van der Waals surface area contributed by atoms with E-state index < -0.39 is 0 Å². The Morgan fingerprint density at radius 2 is 2.16 bits per heavy atom. The van der Waals surface area contributed by atoms with Gasteiger partial charge in [-0.15, -0.1) is 0 Å². The van der Waals surface area contributed by atoms with Crippen LogP contribution in [0.25, 0.3) is 11.0 Å². The minimum Gasteiger partial charge on any atom is -0.348 e. The first-order chi connectivity index (χ1) is 9.34. The summed E-state index contributed by atoms with van der Waals surface area (Å²) in [5.41, 5.74) is 2.75. The number of nitrogens with one attached hydrogen (secondary N) is 2. The van der Waals surface area contributed by atoms with Gasteiger partial charge in [-0.2, -0.15) is 5.10 Å². The molecule has 2 N–H and O–H groups in total. The Labute approximate surface area is 108 Å². The summed E-state index contributed by atoms with van der Waals surface area (Å²) >= 11 is 0. The third-order valence-electron chi connectivity index (χ3n) is 2.75. The lowest BCUT2D eigenvalue weighted by Crippen LogP contribution is -2.23. The molecule has 6 nitrogen and oxygen atoms in total. The van der Waals surface area contributed by atoms with E-state index in [2.05, 4.69) is 25.5 Å².